The molecule has 3 aromatic rings. The van der Waals surface area contributed by atoms with E-state index in [2.05, 4.69) is 5.32 Å². The highest BCUT2D eigenvalue weighted by Crippen LogP contribution is 2.23. The smallest absolute Gasteiger partial charge is 0.311 e. The molecule has 0 aliphatic carbocycles. The number of carbonyl (C=O) groups excluding carboxylic acids is 2. The second kappa shape index (κ2) is 10.6. The van der Waals surface area contributed by atoms with Gasteiger partial charge in [0.25, 0.3) is 5.91 Å². The van der Waals surface area contributed by atoms with Crippen LogP contribution in [0.5, 0.6) is 0 Å². The molecular formula is C26H28N2O5S. The molecular weight excluding hydrogens is 452 g/mol. The normalized spacial score (nSPS) is 12.3. The van der Waals surface area contributed by atoms with Crippen molar-refractivity contribution in [2.75, 3.05) is 19.4 Å². The molecule has 0 heterocycles. The lowest BCUT2D eigenvalue weighted by molar-refractivity contribution is -0.152. The van der Waals surface area contributed by atoms with Gasteiger partial charge in [0.1, 0.15) is 0 Å². The number of rotatable bonds is 8. The second-order valence-corrected chi connectivity index (χ2v) is 10.3. The van der Waals surface area contributed by atoms with E-state index in [1.165, 1.54) is 33.2 Å². The number of nitrogens with zero attached hydrogens (tertiary/aromatic N) is 1. The highest BCUT2D eigenvalue weighted by molar-refractivity contribution is 7.89. The zero-order chi connectivity index (χ0) is 24.9. The minimum atomic E-state index is -3.65. The maximum Gasteiger partial charge on any atom is 0.311 e. The topological polar surface area (TPSA) is 92.8 Å². The Morgan fingerprint density at radius 2 is 1.56 bits per heavy atom. The molecule has 8 heteroatoms. The predicted molar refractivity (Wildman–Crippen MR) is 132 cm³/mol. The average Bonchev–Trinajstić information content (AvgIpc) is 2.81. The fourth-order valence-corrected chi connectivity index (χ4v) is 4.17. The van der Waals surface area contributed by atoms with Crippen LogP contribution >= 0.6 is 0 Å². The third kappa shape index (κ3) is 6.09. The second-order valence-electron chi connectivity index (χ2n) is 8.13. The molecule has 0 saturated carbocycles. The van der Waals surface area contributed by atoms with Crippen LogP contribution in [-0.2, 0) is 30.8 Å². The summed E-state index contributed by atoms with van der Waals surface area (Å²) in [5.41, 5.74) is 3.92. The molecule has 1 N–H and O–H groups in total. The van der Waals surface area contributed by atoms with E-state index >= 15 is 0 Å². The molecule has 0 saturated heterocycles. The van der Waals surface area contributed by atoms with Crippen LogP contribution in [0.15, 0.2) is 77.7 Å². The number of carbonyl (C=O) groups is 2. The van der Waals surface area contributed by atoms with Gasteiger partial charge in [-0.3, -0.25) is 9.59 Å². The van der Waals surface area contributed by atoms with Gasteiger partial charge in [0, 0.05) is 19.8 Å². The number of esters is 1. The zero-order valence-electron chi connectivity index (χ0n) is 19.6. The van der Waals surface area contributed by atoms with E-state index in [0.29, 0.717) is 11.3 Å². The Hall–Kier alpha value is -3.49. The van der Waals surface area contributed by atoms with Crippen LogP contribution in [0.1, 0.15) is 18.1 Å². The van der Waals surface area contributed by atoms with Gasteiger partial charge in [-0.25, -0.2) is 12.7 Å². The number of aryl methyl sites for hydroxylation is 1. The summed E-state index contributed by atoms with van der Waals surface area (Å²) in [5.74, 6) is -1.08. The largest absolute Gasteiger partial charge is 0.452 e. The van der Waals surface area contributed by atoms with Crippen molar-refractivity contribution in [2.45, 2.75) is 31.3 Å². The Labute approximate surface area is 200 Å². The molecule has 3 rings (SSSR count). The van der Waals surface area contributed by atoms with Gasteiger partial charge in [-0.05, 0) is 48.2 Å². The molecule has 0 spiro atoms. The van der Waals surface area contributed by atoms with Crippen LogP contribution in [0, 0.1) is 6.92 Å². The van der Waals surface area contributed by atoms with Crippen molar-refractivity contribution < 1.29 is 22.7 Å². The third-order valence-corrected chi connectivity index (χ3v) is 7.14. The summed E-state index contributed by atoms with van der Waals surface area (Å²) >= 11 is 0. The molecule has 0 bridgehead atoms. The molecule has 0 aliphatic rings. The van der Waals surface area contributed by atoms with E-state index in [1.807, 2.05) is 54.6 Å². The van der Waals surface area contributed by atoms with E-state index < -0.39 is 28.0 Å². The highest BCUT2D eigenvalue weighted by atomic mass is 32.2. The van der Waals surface area contributed by atoms with Crippen LogP contribution in [0.25, 0.3) is 11.1 Å². The summed E-state index contributed by atoms with van der Waals surface area (Å²) in [5, 5.41) is 2.66. The molecule has 0 aromatic heterocycles. The van der Waals surface area contributed by atoms with Crippen molar-refractivity contribution >= 4 is 27.6 Å². The lowest BCUT2D eigenvalue weighted by Gasteiger charge is -2.17. The molecule has 1 amide bonds. The quantitative estimate of drug-likeness (QED) is 0.492. The van der Waals surface area contributed by atoms with Crippen LogP contribution in [0.3, 0.4) is 0 Å². The number of sulfonamides is 1. The molecule has 3 aromatic carbocycles. The van der Waals surface area contributed by atoms with E-state index in [4.69, 9.17) is 4.74 Å². The van der Waals surface area contributed by atoms with Gasteiger partial charge in [-0.1, -0.05) is 60.7 Å². The molecule has 1 unspecified atom stereocenters. The molecule has 0 aliphatic heterocycles. The summed E-state index contributed by atoms with van der Waals surface area (Å²) in [6, 6.07) is 22.0. The van der Waals surface area contributed by atoms with Crippen molar-refractivity contribution in [1.29, 1.82) is 0 Å². The van der Waals surface area contributed by atoms with E-state index in [-0.39, 0.29) is 11.3 Å². The van der Waals surface area contributed by atoms with Crippen molar-refractivity contribution in [1.82, 2.24) is 4.31 Å². The van der Waals surface area contributed by atoms with Gasteiger partial charge < -0.3 is 10.1 Å². The van der Waals surface area contributed by atoms with Gasteiger partial charge in [-0.2, -0.15) is 0 Å². The summed E-state index contributed by atoms with van der Waals surface area (Å²) in [4.78, 5) is 25.0. The van der Waals surface area contributed by atoms with Gasteiger partial charge in [0.2, 0.25) is 10.0 Å². The van der Waals surface area contributed by atoms with Gasteiger partial charge in [-0.15, -0.1) is 0 Å². The monoisotopic (exact) mass is 480 g/mol. The first-order chi connectivity index (χ1) is 16.1. The van der Waals surface area contributed by atoms with Crippen LogP contribution < -0.4 is 5.32 Å². The molecule has 1 atom stereocenters. The van der Waals surface area contributed by atoms with Crippen molar-refractivity contribution in [3.05, 3.63) is 83.9 Å². The van der Waals surface area contributed by atoms with Crippen LogP contribution in [-0.4, -0.2) is 44.8 Å². The average molecular weight is 481 g/mol. The number of anilines is 1. The standard InChI is InChI=1S/C26H28N2O5S/c1-18-10-15-23(34(31,32)28(3)4)17-24(18)27-26(30)19(2)33-25(29)16-20-11-13-22(14-12-20)21-8-6-5-7-9-21/h5-15,17,19H,16H2,1-4H3,(H,27,30). The molecule has 178 valence electrons. The molecule has 34 heavy (non-hydrogen) atoms. The first-order valence-corrected chi connectivity index (χ1v) is 12.2. The SMILES string of the molecule is Cc1ccc(S(=O)(=O)N(C)C)cc1NC(=O)C(C)OC(=O)Cc1ccc(-c2ccccc2)cc1. The van der Waals surface area contributed by atoms with Crippen molar-refractivity contribution in [3.8, 4) is 11.1 Å². The summed E-state index contributed by atoms with van der Waals surface area (Å²) in [7, 11) is -0.781. The maximum atomic E-state index is 12.6. The first-order valence-electron chi connectivity index (χ1n) is 10.8. The van der Waals surface area contributed by atoms with Gasteiger partial charge in [0.05, 0.1) is 11.3 Å². The number of ether oxygens (including phenoxy) is 1. The zero-order valence-corrected chi connectivity index (χ0v) is 20.4. The Kier molecular flexibility index (Phi) is 7.86. The number of amides is 1. The van der Waals surface area contributed by atoms with Crippen LogP contribution in [0.2, 0.25) is 0 Å². The lowest BCUT2D eigenvalue weighted by Crippen LogP contribution is -2.31. The number of hydrogen-bond acceptors (Lipinski definition) is 5. The predicted octanol–water partition coefficient (Wildman–Crippen LogP) is 4.03. The van der Waals surface area contributed by atoms with Crippen molar-refractivity contribution in [3.63, 3.8) is 0 Å². The fraction of sp³-hybridized carbons (Fsp3) is 0.231. The van der Waals surface area contributed by atoms with Gasteiger partial charge in [0.15, 0.2) is 6.10 Å². The summed E-state index contributed by atoms with van der Waals surface area (Å²) < 4.78 is 31.2. The lowest BCUT2D eigenvalue weighted by atomic mass is 10.0. The summed E-state index contributed by atoms with van der Waals surface area (Å²) in [6.45, 7) is 3.22. The highest BCUT2D eigenvalue weighted by Gasteiger charge is 2.22. The number of hydrogen-bond donors (Lipinski definition) is 1. The minimum absolute atomic E-state index is 0.0300. The molecule has 0 fully saturated rings. The summed E-state index contributed by atoms with van der Waals surface area (Å²) in [6.07, 6.45) is -1.02. The molecule has 0 radical (unpaired) electrons. The minimum Gasteiger partial charge on any atom is -0.452 e. The number of nitrogens with one attached hydrogen (secondary N) is 1. The Morgan fingerprint density at radius 1 is 0.941 bits per heavy atom. The maximum absolute atomic E-state index is 12.6. The Morgan fingerprint density at radius 3 is 2.18 bits per heavy atom. The van der Waals surface area contributed by atoms with Gasteiger partial charge >= 0.3 is 5.97 Å². The third-order valence-electron chi connectivity index (χ3n) is 5.33. The molecule has 7 nitrogen and oxygen atoms in total. The van der Waals surface area contributed by atoms with Crippen molar-refractivity contribution in [2.24, 2.45) is 0 Å². The fourth-order valence-electron chi connectivity index (χ4n) is 3.25. The Bertz CT molecular complexity index is 1270. The number of benzene rings is 3. The van der Waals surface area contributed by atoms with Crippen LogP contribution in [0.4, 0.5) is 5.69 Å². The van der Waals surface area contributed by atoms with E-state index in [1.54, 1.807) is 13.0 Å². The Balaban J connectivity index is 1.61. The first kappa shape index (κ1) is 25.1. The van der Waals surface area contributed by atoms with E-state index in [0.717, 1.165) is 21.0 Å². The van der Waals surface area contributed by atoms with E-state index in [9.17, 15) is 18.0 Å².